The highest BCUT2D eigenvalue weighted by Crippen LogP contribution is 2.07. The van der Waals surface area contributed by atoms with E-state index in [-0.39, 0.29) is 58.2 Å². The molecule has 15 heteroatoms. The maximum absolute atomic E-state index is 12.8. The van der Waals surface area contributed by atoms with Crippen LogP contribution in [0, 0.1) is 0 Å². The van der Waals surface area contributed by atoms with Crippen LogP contribution in [0.4, 0.5) is 4.79 Å². The Balaban J connectivity index is 4.60. The minimum absolute atomic E-state index is 0.00304. The molecule has 0 radical (unpaired) electrons. The van der Waals surface area contributed by atoms with Crippen molar-refractivity contribution in [1.29, 1.82) is 0 Å². The summed E-state index contributed by atoms with van der Waals surface area (Å²) in [7, 11) is 0. The molecule has 0 fully saturated rings. The number of ether oxygens (including phenoxy) is 5. The average Bonchev–Trinajstić information content (AvgIpc) is 3.05. The van der Waals surface area contributed by atoms with E-state index >= 15 is 0 Å². The highest BCUT2D eigenvalue weighted by molar-refractivity contribution is 5.87. The lowest BCUT2D eigenvalue weighted by Gasteiger charge is -2.21. The average molecular weight is 670 g/mol. The summed E-state index contributed by atoms with van der Waals surface area (Å²) < 4.78 is 25.2. The van der Waals surface area contributed by atoms with E-state index in [1.165, 1.54) is 25.2 Å². The second-order valence-electron chi connectivity index (χ2n) is 10.2. The number of amides is 3. The Bertz CT molecular complexity index is 1000. The summed E-state index contributed by atoms with van der Waals surface area (Å²) >= 11 is 0. The fourth-order valence-electron chi connectivity index (χ4n) is 3.71. The molecule has 0 aromatic heterocycles. The lowest BCUT2D eigenvalue weighted by atomic mass is 10.1. The predicted octanol–water partition coefficient (Wildman–Crippen LogP) is 1.78. The number of esters is 4. The number of unbranched alkanes of at least 4 members (excludes halogenated alkanes) is 3. The Morgan fingerprint density at radius 2 is 1.26 bits per heavy atom. The van der Waals surface area contributed by atoms with Crippen molar-refractivity contribution in [2.75, 3.05) is 46.2 Å². The molecule has 0 heterocycles. The molecule has 3 amide bonds. The van der Waals surface area contributed by atoms with Crippen LogP contribution < -0.4 is 16.0 Å². The van der Waals surface area contributed by atoms with Gasteiger partial charge in [0.2, 0.25) is 5.91 Å². The van der Waals surface area contributed by atoms with Crippen LogP contribution in [-0.2, 0) is 47.7 Å². The topological polar surface area (TPSA) is 205 Å². The van der Waals surface area contributed by atoms with Crippen LogP contribution in [0.15, 0.2) is 38.0 Å². The van der Waals surface area contributed by atoms with Gasteiger partial charge in [0.1, 0.15) is 44.6 Å². The van der Waals surface area contributed by atoms with Crippen molar-refractivity contribution in [1.82, 2.24) is 16.0 Å². The van der Waals surface area contributed by atoms with Gasteiger partial charge in [0, 0.05) is 26.0 Å². The lowest BCUT2D eigenvalue weighted by molar-refractivity contribution is -0.154. The molecular formula is C32H51N3O12. The molecule has 0 spiro atoms. The molecule has 1 unspecified atom stereocenters. The van der Waals surface area contributed by atoms with Crippen LogP contribution in [0.5, 0.6) is 0 Å². The molecular weight excluding hydrogens is 618 g/mol. The molecule has 0 saturated carbocycles. The Morgan fingerprint density at radius 3 is 1.85 bits per heavy atom. The van der Waals surface area contributed by atoms with Crippen LogP contribution in [0.3, 0.4) is 0 Å². The van der Waals surface area contributed by atoms with E-state index in [0.717, 1.165) is 12.8 Å². The SMILES string of the molecule is C=CCOC(=O)CC[C@H](NC(=O)N[C@@H](CCCCNC(=O)CCCCCOCCOC(=O)C(C)O)C(=O)OCC=C)C(=O)OCC=C. The minimum Gasteiger partial charge on any atom is -0.461 e. The fraction of sp³-hybridized carbons (Fsp3) is 0.625. The first kappa shape index (κ1) is 42.8. The van der Waals surface area contributed by atoms with E-state index in [9.17, 15) is 28.8 Å². The monoisotopic (exact) mass is 669 g/mol. The molecule has 0 bridgehead atoms. The predicted molar refractivity (Wildman–Crippen MR) is 171 cm³/mol. The van der Waals surface area contributed by atoms with Gasteiger partial charge >= 0.3 is 29.9 Å². The zero-order chi connectivity index (χ0) is 35.3. The molecule has 0 aliphatic carbocycles. The summed E-state index contributed by atoms with van der Waals surface area (Å²) in [5, 5.41) is 16.8. The van der Waals surface area contributed by atoms with Gasteiger partial charge in [-0.3, -0.25) is 9.59 Å². The van der Waals surface area contributed by atoms with E-state index in [4.69, 9.17) is 28.8 Å². The van der Waals surface area contributed by atoms with Crippen molar-refractivity contribution < 1.29 is 57.6 Å². The fourth-order valence-corrected chi connectivity index (χ4v) is 3.71. The molecule has 0 aliphatic rings. The molecule has 0 saturated heterocycles. The molecule has 47 heavy (non-hydrogen) atoms. The van der Waals surface area contributed by atoms with Gasteiger partial charge in [0.05, 0.1) is 6.61 Å². The number of rotatable bonds is 28. The summed E-state index contributed by atoms with van der Waals surface area (Å²) in [5.74, 6) is -2.90. The quantitative estimate of drug-likeness (QED) is 0.0407. The van der Waals surface area contributed by atoms with E-state index < -0.39 is 48.1 Å². The summed E-state index contributed by atoms with van der Waals surface area (Å²) in [6, 6.07) is -3.10. The first-order valence-corrected chi connectivity index (χ1v) is 15.6. The Kier molecular flexibility index (Phi) is 25.5. The molecule has 0 aliphatic heterocycles. The number of urea groups is 1. The second kappa shape index (κ2) is 28.0. The molecule has 266 valence electrons. The highest BCUT2D eigenvalue weighted by atomic mass is 16.6. The molecule has 15 nitrogen and oxygen atoms in total. The van der Waals surface area contributed by atoms with E-state index in [2.05, 4.69) is 35.7 Å². The normalized spacial score (nSPS) is 12.3. The van der Waals surface area contributed by atoms with E-state index in [1.807, 2.05) is 0 Å². The van der Waals surface area contributed by atoms with E-state index in [1.54, 1.807) is 0 Å². The minimum atomic E-state index is -1.20. The summed E-state index contributed by atoms with van der Waals surface area (Å²) in [4.78, 5) is 73.0. The van der Waals surface area contributed by atoms with Crippen LogP contribution in [0.25, 0.3) is 0 Å². The molecule has 4 N–H and O–H groups in total. The van der Waals surface area contributed by atoms with Gasteiger partial charge in [0.25, 0.3) is 0 Å². The van der Waals surface area contributed by atoms with E-state index in [0.29, 0.717) is 38.8 Å². The third kappa shape index (κ3) is 23.7. The van der Waals surface area contributed by atoms with Crippen LogP contribution in [0.2, 0.25) is 0 Å². The van der Waals surface area contributed by atoms with Crippen molar-refractivity contribution in [3.8, 4) is 0 Å². The summed E-state index contributed by atoms with van der Waals surface area (Å²) in [5.41, 5.74) is 0. The number of carbonyl (C=O) groups excluding carboxylic acids is 6. The van der Waals surface area contributed by atoms with Gasteiger partial charge in [-0.05, 0) is 45.4 Å². The Labute approximate surface area is 276 Å². The van der Waals surface area contributed by atoms with Crippen LogP contribution >= 0.6 is 0 Å². The van der Waals surface area contributed by atoms with Gasteiger partial charge in [-0.15, -0.1) is 0 Å². The number of aliphatic hydroxyl groups is 1. The Morgan fingerprint density at radius 1 is 0.660 bits per heavy atom. The maximum Gasteiger partial charge on any atom is 0.334 e. The number of hydrogen-bond acceptors (Lipinski definition) is 12. The zero-order valence-corrected chi connectivity index (χ0v) is 27.3. The third-order valence-electron chi connectivity index (χ3n) is 6.11. The number of carbonyl (C=O) groups is 6. The highest BCUT2D eigenvalue weighted by Gasteiger charge is 2.27. The van der Waals surface area contributed by atoms with Crippen LogP contribution in [0.1, 0.15) is 64.7 Å². The number of hydrogen-bond donors (Lipinski definition) is 4. The van der Waals surface area contributed by atoms with Gasteiger partial charge in [0.15, 0.2) is 0 Å². The maximum atomic E-state index is 12.8. The van der Waals surface area contributed by atoms with Crippen molar-refractivity contribution >= 4 is 35.8 Å². The van der Waals surface area contributed by atoms with Crippen molar-refractivity contribution in [2.45, 2.75) is 82.9 Å². The van der Waals surface area contributed by atoms with Crippen molar-refractivity contribution in [3.63, 3.8) is 0 Å². The van der Waals surface area contributed by atoms with Crippen LogP contribution in [-0.4, -0.2) is 105 Å². The Hall–Kier alpha value is -4.24. The van der Waals surface area contributed by atoms with Crippen molar-refractivity contribution in [2.24, 2.45) is 0 Å². The summed E-state index contributed by atoms with van der Waals surface area (Å²) in [6.45, 7) is 12.7. The second-order valence-corrected chi connectivity index (χ2v) is 10.2. The van der Waals surface area contributed by atoms with Gasteiger partial charge in [-0.25, -0.2) is 19.2 Å². The molecule has 0 rings (SSSR count). The van der Waals surface area contributed by atoms with Gasteiger partial charge in [-0.1, -0.05) is 44.4 Å². The molecule has 3 atom stereocenters. The first-order chi connectivity index (χ1) is 22.5. The molecule has 0 aromatic carbocycles. The smallest absolute Gasteiger partial charge is 0.334 e. The largest absolute Gasteiger partial charge is 0.461 e. The summed E-state index contributed by atoms with van der Waals surface area (Å²) in [6.07, 6.45) is 6.37. The number of aliphatic hydroxyl groups excluding tert-OH is 1. The number of nitrogens with one attached hydrogen (secondary N) is 3. The van der Waals surface area contributed by atoms with Crippen molar-refractivity contribution in [3.05, 3.63) is 38.0 Å². The van der Waals surface area contributed by atoms with Gasteiger partial charge < -0.3 is 44.7 Å². The lowest BCUT2D eigenvalue weighted by Crippen LogP contribution is -2.52. The molecule has 0 aromatic rings. The first-order valence-electron chi connectivity index (χ1n) is 15.6. The zero-order valence-electron chi connectivity index (χ0n) is 27.3. The third-order valence-corrected chi connectivity index (χ3v) is 6.11. The standard InChI is InChI=1S/C32H51N3O12/c1-5-18-44-28(38)16-15-26(31(41)46-20-7-3)35-32(42)34-25(30(40)45-19-6-2)13-10-11-17-33-27(37)14-9-8-12-21-43-22-23-47-29(39)24(4)36/h5-7,24-26,36H,1-3,8-23H2,4H3,(H,33,37)(H2,34,35,42)/t24?,25-,26-/m0/s1. The van der Waals surface area contributed by atoms with Gasteiger partial charge in [-0.2, -0.15) is 0 Å².